The van der Waals surface area contributed by atoms with Gasteiger partial charge in [0.05, 0.1) is 10.6 Å². The number of nitro groups is 1. The third kappa shape index (κ3) is 2.63. The maximum absolute atomic E-state index is 11.7. The second kappa shape index (κ2) is 4.83. The van der Waals surface area contributed by atoms with Gasteiger partial charge in [0.2, 0.25) is 5.91 Å². The molecule has 1 N–H and O–H groups in total. The number of hydrogen-bond donors (Lipinski definition) is 1. The normalized spacial score (nSPS) is 15.1. The SMILES string of the molecule is O=C(Nc1cc([N+](=O)[O-])ccc1Br)C1CCC1. The molecule has 6 heteroatoms. The third-order valence-electron chi connectivity index (χ3n) is 2.89. The summed E-state index contributed by atoms with van der Waals surface area (Å²) < 4.78 is 0.649. The summed E-state index contributed by atoms with van der Waals surface area (Å²) in [5.41, 5.74) is 0.424. The van der Waals surface area contributed by atoms with Crippen molar-refractivity contribution >= 4 is 33.2 Å². The quantitative estimate of drug-likeness (QED) is 0.688. The first kappa shape index (κ1) is 12.0. The van der Waals surface area contributed by atoms with E-state index in [9.17, 15) is 14.9 Å². The lowest BCUT2D eigenvalue weighted by Gasteiger charge is -2.24. The molecule has 0 atom stereocenters. The minimum atomic E-state index is -0.481. The Morgan fingerprint density at radius 2 is 2.18 bits per heavy atom. The van der Waals surface area contributed by atoms with E-state index in [1.54, 1.807) is 6.07 Å². The van der Waals surface area contributed by atoms with Crippen molar-refractivity contribution < 1.29 is 9.72 Å². The average molecular weight is 299 g/mol. The molecular weight excluding hydrogens is 288 g/mol. The summed E-state index contributed by atoms with van der Waals surface area (Å²) in [5, 5.41) is 13.3. The van der Waals surface area contributed by atoms with E-state index < -0.39 is 4.92 Å². The molecule has 17 heavy (non-hydrogen) atoms. The van der Waals surface area contributed by atoms with E-state index in [2.05, 4.69) is 21.2 Å². The van der Waals surface area contributed by atoms with Gasteiger partial charge in [-0.05, 0) is 34.8 Å². The van der Waals surface area contributed by atoms with Gasteiger partial charge in [-0.15, -0.1) is 0 Å². The van der Waals surface area contributed by atoms with E-state index in [4.69, 9.17) is 0 Å². The third-order valence-corrected chi connectivity index (χ3v) is 3.59. The molecule has 0 aliphatic heterocycles. The van der Waals surface area contributed by atoms with Gasteiger partial charge in [0.15, 0.2) is 0 Å². The van der Waals surface area contributed by atoms with E-state index in [-0.39, 0.29) is 17.5 Å². The fourth-order valence-corrected chi connectivity index (χ4v) is 1.97. The van der Waals surface area contributed by atoms with E-state index in [0.717, 1.165) is 19.3 Å². The predicted octanol–water partition coefficient (Wildman–Crippen LogP) is 3.10. The van der Waals surface area contributed by atoms with Crippen LogP contribution in [0.25, 0.3) is 0 Å². The molecule has 5 nitrogen and oxygen atoms in total. The standard InChI is InChI=1S/C11H11BrN2O3/c12-9-5-4-8(14(16)17)6-10(9)13-11(15)7-2-1-3-7/h4-7H,1-3H2,(H,13,15). The second-order valence-corrected chi connectivity index (χ2v) is 4.89. The van der Waals surface area contributed by atoms with Gasteiger partial charge in [-0.25, -0.2) is 0 Å². The number of hydrogen-bond acceptors (Lipinski definition) is 3. The van der Waals surface area contributed by atoms with Crippen LogP contribution < -0.4 is 5.32 Å². The number of benzene rings is 1. The lowest BCUT2D eigenvalue weighted by atomic mass is 9.85. The monoisotopic (exact) mass is 298 g/mol. The van der Waals surface area contributed by atoms with Crippen molar-refractivity contribution in [2.75, 3.05) is 5.32 Å². The summed E-state index contributed by atoms with van der Waals surface area (Å²) >= 11 is 3.26. The molecule has 0 aromatic heterocycles. The first-order valence-corrected chi connectivity index (χ1v) is 6.12. The molecular formula is C11H11BrN2O3. The molecule has 90 valence electrons. The van der Waals surface area contributed by atoms with Crippen molar-refractivity contribution in [1.82, 2.24) is 0 Å². The minimum Gasteiger partial charge on any atom is -0.325 e. The number of nitrogens with zero attached hydrogens (tertiary/aromatic N) is 1. The largest absolute Gasteiger partial charge is 0.325 e. The van der Waals surface area contributed by atoms with Gasteiger partial charge in [0.1, 0.15) is 0 Å². The Hall–Kier alpha value is -1.43. The summed E-state index contributed by atoms with van der Waals surface area (Å²) in [6.45, 7) is 0. The van der Waals surface area contributed by atoms with Crippen molar-refractivity contribution in [2.45, 2.75) is 19.3 Å². The number of nitrogens with one attached hydrogen (secondary N) is 1. The molecule has 1 aliphatic rings. The average Bonchev–Trinajstić information content (AvgIpc) is 2.18. The Morgan fingerprint density at radius 3 is 2.71 bits per heavy atom. The molecule has 0 heterocycles. The Bertz CT molecular complexity index is 472. The summed E-state index contributed by atoms with van der Waals surface area (Å²) in [7, 11) is 0. The predicted molar refractivity (Wildman–Crippen MR) is 66.8 cm³/mol. The number of nitro benzene ring substituents is 1. The van der Waals surface area contributed by atoms with Crippen LogP contribution in [0.1, 0.15) is 19.3 Å². The van der Waals surface area contributed by atoms with E-state index >= 15 is 0 Å². The fraction of sp³-hybridized carbons (Fsp3) is 0.364. The molecule has 1 saturated carbocycles. The van der Waals surface area contributed by atoms with Crippen molar-refractivity contribution in [3.05, 3.63) is 32.8 Å². The second-order valence-electron chi connectivity index (χ2n) is 4.04. The molecule has 1 aliphatic carbocycles. The lowest BCUT2D eigenvalue weighted by Crippen LogP contribution is -2.28. The van der Waals surface area contributed by atoms with Crippen LogP contribution in [0.5, 0.6) is 0 Å². The summed E-state index contributed by atoms with van der Waals surface area (Å²) in [5.74, 6) is -0.00129. The molecule has 1 fully saturated rings. The van der Waals surface area contributed by atoms with Crippen molar-refractivity contribution in [2.24, 2.45) is 5.92 Å². The Kier molecular flexibility index (Phi) is 3.42. The van der Waals surface area contributed by atoms with Gasteiger partial charge >= 0.3 is 0 Å². The van der Waals surface area contributed by atoms with E-state index in [1.165, 1.54) is 12.1 Å². The van der Waals surface area contributed by atoms with Gasteiger partial charge < -0.3 is 5.32 Å². The zero-order valence-corrected chi connectivity index (χ0v) is 10.6. The van der Waals surface area contributed by atoms with Crippen LogP contribution in [0.2, 0.25) is 0 Å². The highest BCUT2D eigenvalue weighted by Crippen LogP contribution is 2.31. The van der Waals surface area contributed by atoms with E-state index in [0.29, 0.717) is 10.2 Å². The zero-order chi connectivity index (χ0) is 12.4. The first-order valence-electron chi connectivity index (χ1n) is 5.33. The van der Waals surface area contributed by atoms with Gasteiger partial charge in [0.25, 0.3) is 5.69 Å². The molecule has 1 amide bonds. The van der Waals surface area contributed by atoms with Crippen LogP contribution >= 0.6 is 15.9 Å². The number of carbonyl (C=O) groups excluding carboxylic acids is 1. The lowest BCUT2D eigenvalue weighted by molar-refractivity contribution is -0.384. The summed E-state index contributed by atoms with van der Waals surface area (Å²) in [6.07, 6.45) is 2.88. The topological polar surface area (TPSA) is 72.2 Å². The van der Waals surface area contributed by atoms with Crippen LogP contribution in [0.3, 0.4) is 0 Å². The first-order chi connectivity index (χ1) is 8.08. The Labute approximate surface area is 106 Å². The van der Waals surface area contributed by atoms with Crippen LogP contribution in [0, 0.1) is 16.0 Å². The number of rotatable bonds is 3. The Balaban J connectivity index is 2.16. The highest BCUT2D eigenvalue weighted by atomic mass is 79.9. The zero-order valence-electron chi connectivity index (χ0n) is 8.98. The van der Waals surface area contributed by atoms with E-state index in [1.807, 2.05) is 0 Å². The minimum absolute atomic E-state index is 0.0305. The number of amides is 1. The molecule has 2 rings (SSSR count). The summed E-state index contributed by atoms with van der Waals surface area (Å²) in [6, 6.07) is 4.32. The number of carbonyl (C=O) groups is 1. The number of non-ortho nitro benzene ring substituents is 1. The van der Waals surface area contributed by atoms with Crippen LogP contribution in [-0.2, 0) is 4.79 Å². The van der Waals surface area contributed by atoms with Crippen molar-refractivity contribution in [3.8, 4) is 0 Å². The number of anilines is 1. The molecule has 1 aromatic rings. The van der Waals surface area contributed by atoms with Crippen molar-refractivity contribution in [3.63, 3.8) is 0 Å². The fourth-order valence-electron chi connectivity index (χ4n) is 1.63. The van der Waals surface area contributed by atoms with Gasteiger partial charge in [-0.2, -0.15) is 0 Å². The van der Waals surface area contributed by atoms with Crippen LogP contribution in [0.4, 0.5) is 11.4 Å². The number of halogens is 1. The van der Waals surface area contributed by atoms with Gasteiger partial charge in [0, 0.05) is 22.5 Å². The molecule has 0 saturated heterocycles. The molecule has 0 radical (unpaired) electrons. The maximum atomic E-state index is 11.7. The molecule has 0 bridgehead atoms. The summed E-state index contributed by atoms with van der Waals surface area (Å²) in [4.78, 5) is 21.9. The molecule has 0 unspecified atom stereocenters. The Morgan fingerprint density at radius 1 is 1.47 bits per heavy atom. The molecule has 1 aromatic carbocycles. The van der Waals surface area contributed by atoms with Crippen molar-refractivity contribution in [1.29, 1.82) is 0 Å². The van der Waals surface area contributed by atoms with Gasteiger partial charge in [-0.3, -0.25) is 14.9 Å². The highest BCUT2D eigenvalue weighted by Gasteiger charge is 2.25. The van der Waals surface area contributed by atoms with Crippen LogP contribution in [0.15, 0.2) is 22.7 Å². The smallest absolute Gasteiger partial charge is 0.271 e. The maximum Gasteiger partial charge on any atom is 0.271 e. The van der Waals surface area contributed by atoms with Crippen LogP contribution in [-0.4, -0.2) is 10.8 Å². The molecule has 0 spiro atoms. The highest BCUT2D eigenvalue weighted by molar-refractivity contribution is 9.10. The van der Waals surface area contributed by atoms with Gasteiger partial charge in [-0.1, -0.05) is 6.42 Å².